The third-order valence-corrected chi connectivity index (χ3v) is 3.47. The van der Waals surface area contributed by atoms with Gasteiger partial charge in [0.2, 0.25) is 5.76 Å². The van der Waals surface area contributed by atoms with Gasteiger partial charge in [-0.3, -0.25) is 4.79 Å². The smallest absolute Gasteiger partial charge is 0.290 e. The minimum atomic E-state index is -0.280. The van der Waals surface area contributed by atoms with Crippen LogP contribution in [0, 0.1) is 6.92 Å². The van der Waals surface area contributed by atoms with E-state index >= 15 is 0 Å². The molecule has 7 nitrogen and oxygen atoms in total. The Bertz CT molecular complexity index is 650. The zero-order chi connectivity index (χ0) is 15.4. The average Bonchev–Trinajstić information content (AvgIpc) is 3.00. The topological polar surface area (TPSA) is 80.5 Å². The standard InChI is InChI=1S/C15H18N4O3/c1-11-9-13(22-18-11)15(20)17-10-12-3-2-4-16-14(12)19-5-7-21-8-6-19/h2-4,9H,5-8,10H2,1H3,(H,17,20). The van der Waals surface area contributed by atoms with E-state index in [0.717, 1.165) is 24.5 Å². The highest BCUT2D eigenvalue weighted by Gasteiger charge is 2.17. The second-order valence-corrected chi connectivity index (χ2v) is 5.10. The molecule has 0 atom stereocenters. The summed E-state index contributed by atoms with van der Waals surface area (Å²) in [7, 11) is 0. The SMILES string of the molecule is Cc1cc(C(=O)NCc2cccnc2N2CCOCC2)on1. The van der Waals surface area contributed by atoms with Gasteiger partial charge in [-0.1, -0.05) is 11.2 Å². The van der Waals surface area contributed by atoms with E-state index < -0.39 is 0 Å². The molecule has 22 heavy (non-hydrogen) atoms. The number of hydrogen-bond donors (Lipinski definition) is 1. The first-order valence-electron chi connectivity index (χ1n) is 7.22. The fourth-order valence-corrected chi connectivity index (χ4v) is 2.36. The third kappa shape index (κ3) is 3.25. The highest BCUT2D eigenvalue weighted by Crippen LogP contribution is 2.18. The van der Waals surface area contributed by atoms with Crippen LogP contribution in [0.3, 0.4) is 0 Å². The molecule has 0 unspecified atom stereocenters. The summed E-state index contributed by atoms with van der Waals surface area (Å²) < 4.78 is 10.3. The summed E-state index contributed by atoms with van der Waals surface area (Å²) in [5.74, 6) is 0.826. The number of hydrogen-bond acceptors (Lipinski definition) is 6. The Morgan fingerprint density at radius 3 is 2.95 bits per heavy atom. The van der Waals surface area contributed by atoms with Gasteiger partial charge in [-0.25, -0.2) is 4.98 Å². The number of carbonyl (C=O) groups excluding carboxylic acids is 1. The van der Waals surface area contributed by atoms with Crippen LogP contribution in [0.5, 0.6) is 0 Å². The van der Waals surface area contributed by atoms with Gasteiger partial charge in [0, 0.05) is 37.5 Å². The van der Waals surface area contributed by atoms with Gasteiger partial charge in [-0.05, 0) is 13.0 Å². The van der Waals surface area contributed by atoms with Crippen molar-refractivity contribution in [1.82, 2.24) is 15.5 Å². The van der Waals surface area contributed by atoms with Crippen LogP contribution in [0.15, 0.2) is 28.9 Å². The van der Waals surface area contributed by atoms with Crippen LogP contribution in [0.25, 0.3) is 0 Å². The second kappa shape index (κ2) is 6.57. The van der Waals surface area contributed by atoms with Crippen molar-refractivity contribution >= 4 is 11.7 Å². The number of rotatable bonds is 4. The van der Waals surface area contributed by atoms with E-state index in [1.54, 1.807) is 19.2 Å². The van der Waals surface area contributed by atoms with Crippen molar-refractivity contribution in [1.29, 1.82) is 0 Å². The van der Waals surface area contributed by atoms with Crippen LogP contribution in [0.4, 0.5) is 5.82 Å². The lowest BCUT2D eigenvalue weighted by molar-refractivity contribution is 0.0913. The van der Waals surface area contributed by atoms with E-state index in [1.165, 1.54) is 0 Å². The summed E-state index contributed by atoms with van der Waals surface area (Å²) in [4.78, 5) is 18.6. The first-order valence-corrected chi connectivity index (χ1v) is 7.22. The lowest BCUT2D eigenvalue weighted by Crippen LogP contribution is -2.37. The minimum Gasteiger partial charge on any atom is -0.378 e. The van der Waals surface area contributed by atoms with Gasteiger partial charge in [0.25, 0.3) is 5.91 Å². The van der Waals surface area contributed by atoms with Crippen LogP contribution in [-0.4, -0.2) is 42.4 Å². The van der Waals surface area contributed by atoms with E-state index in [0.29, 0.717) is 25.5 Å². The van der Waals surface area contributed by atoms with Gasteiger partial charge in [-0.15, -0.1) is 0 Å². The lowest BCUT2D eigenvalue weighted by atomic mass is 10.2. The predicted octanol–water partition coefficient (Wildman–Crippen LogP) is 1.14. The zero-order valence-electron chi connectivity index (χ0n) is 12.4. The Balaban J connectivity index is 1.68. The molecule has 1 aliphatic rings. The summed E-state index contributed by atoms with van der Waals surface area (Å²) in [6.07, 6.45) is 1.76. The summed E-state index contributed by atoms with van der Waals surface area (Å²) >= 11 is 0. The predicted molar refractivity (Wildman–Crippen MR) is 79.7 cm³/mol. The normalized spacial score (nSPS) is 14.9. The lowest BCUT2D eigenvalue weighted by Gasteiger charge is -2.29. The van der Waals surface area contributed by atoms with Gasteiger partial charge in [0.15, 0.2) is 0 Å². The largest absolute Gasteiger partial charge is 0.378 e. The molecule has 1 fully saturated rings. The summed E-state index contributed by atoms with van der Waals surface area (Å²) in [6, 6.07) is 5.44. The molecule has 0 radical (unpaired) electrons. The molecule has 1 amide bonds. The van der Waals surface area contributed by atoms with E-state index in [-0.39, 0.29) is 11.7 Å². The van der Waals surface area contributed by atoms with Crippen LogP contribution in [0.1, 0.15) is 21.8 Å². The molecule has 1 N–H and O–H groups in total. The van der Waals surface area contributed by atoms with Crippen molar-refractivity contribution < 1.29 is 14.1 Å². The fraction of sp³-hybridized carbons (Fsp3) is 0.400. The monoisotopic (exact) mass is 302 g/mol. The molecule has 116 valence electrons. The van der Waals surface area contributed by atoms with E-state index in [2.05, 4.69) is 20.4 Å². The number of ether oxygens (including phenoxy) is 1. The Hall–Kier alpha value is -2.41. The molecule has 2 aromatic heterocycles. The third-order valence-electron chi connectivity index (χ3n) is 3.47. The van der Waals surface area contributed by atoms with Crippen molar-refractivity contribution in [3.05, 3.63) is 41.4 Å². The van der Waals surface area contributed by atoms with Crippen molar-refractivity contribution in [3.8, 4) is 0 Å². The quantitative estimate of drug-likeness (QED) is 0.912. The maximum Gasteiger partial charge on any atom is 0.290 e. The van der Waals surface area contributed by atoms with Crippen molar-refractivity contribution in [3.63, 3.8) is 0 Å². The average molecular weight is 302 g/mol. The zero-order valence-corrected chi connectivity index (χ0v) is 12.4. The molecule has 7 heteroatoms. The molecule has 0 bridgehead atoms. The molecule has 0 saturated carbocycles. The fourth-order valence-electron chi connectivity index (χ4n) is 2.36. The maximum atomic E-state index is 12.0. The molecule has 3 rings (SSSR count). The molecular weight excluding hydrogens is 284 g/mol. The summed E-state index contributed by atoms with van der Waals surface area (Å²) in [6.45, 7) is 5.16. The molecule has 1 aliphatic heterocycles. The van der Waals surface area contributed by atoms with E-state index in [4.69, 9.17) is 9.26 Å². The number of pyridine rings is 1. The number of carbonyl (C=O) groups is 1. The van der Waals surface area contributed by atoms with Crippen LogP contribution in [-0.2, 0) is 11.3 Å². The molecule has 0 aromatic carbocycles. The molecule has 3 heterocycles. The Morgan fingerprint density at radius 2 is 2.23 bits per heavy atom. The number of anilines is 1. The summed E-state index contributed by atoms with van der Waals surface area (Å²) in [5, 5.41) is 6.55. The van der Waals surface area contributed by atoms with E-state index in [1.807, 2.05) is 12.1 Å². The van der Waals surface area contributed by atoms with Gasteiger partial charge in [0.1, 0.15) is 5.82 Å². The minimum absolute atomic E-state index is 0.217. The highest BCUT2D eigenvalue weighted by molar-refractivity contribution is 5.91. The Kier molecular flexibility index (Phi) is 4.34. The number of aromatic nitrogens is 2. The molecular formula is C15H18N4O3. The number of amides is 1. The van der Waals surface area contributed by atoms with E-state index in [9.17, 15) is 4.79 Å². The number of morpholine rings is 1. The maximum absolute atomic E-state index is 12.0. The van der Waals surface area contributed by atoms with Crippen LogP contribution in [0.2, 0.25) is 0 Å². The van der Waals surface area contributed by atoms with Gasteiger partial charge in [0.05, 0.1) is 18.9 Å². The van der Waals surface area contributed by atoms with Crippen molar-refractivity contribution in [2.24, 2.45) is 0 Å². The summed E-state index contributed by atoms with van der Waals surface area (Å²) in [5.41, 5.74) is 1.65. The first-order chi connectivity index (χ1) is 10.7. The number of nitrogens with zero attached hydrogens (tertiary/aromatic N) is 3. The number of nitrogens with one attached hydrogen (secondary N) is 1. The van der Waals surface area contributed by atoms with Gasteiger partial charge in [-0.2, -0.15) is 0 Å². The molecule has 1 saturated heterocycles. The highest BCUT2D eigenvalue weighted by atomic mass is 16.5. The van der Waals surface area contributed by atoms with Crippen LogP contribution < -0.4 is 10.2 Å². The van der Waals surface area contributed by atoms with Gasteiger partial charge < -0.3 is 19.5 Å². The molecule has 0 aliphatic carbocycles. The Morgan fingerprint density at radius 1 is 1.41 bits per heavy atom. The van der Waals surface area contributed by atoms with Crippen molar-refractivity contribution in [2.45, 2.75) is 13.5 Å². The molecule has 2 aromatic rings. The van der Waals surface area contributed by atoms with Crippen LogP contribution >= 0.6 is 0 Å². The first kappa shape index (κ1) is 14.5. The number of aryl methyl sites for hydroxylation is 1. The molecule has 0 spiro atoms. The Labute approximate surface area is 128 Å². The van der Waals surface area contributed by atoms with Gasteiger partial charge >= 0.3 is 0 Å². The second-order valence-electron chi connectivity index (χ2n) is 5.10. The van der Waals surface area contributed by atoms with Crippen molar-refractivity contribution in [2.75, 3.05) is 31.2 Å².